The van der Waals surface area contributed by atoms with Crippen LogP contribution in [0, 0.1) is 6.92 Å². The fourth-order valence-electron chi connectivity index (χ4n) is 1.42. The number of nitrogens with zero attached hydrogens (tertiary/aromatic N) is 1. The summed E-state index contributed by atoms with van der Waals surface area (Å²) in [6, 6.07) is 4.60. The van der Waals surface area contributed by atoms with Crippen LogP contribution in [0.4, 0.5) is 5.69 Å². The first-order valence-electron chi connectivity index (χ1n) is 5.61. The molecular weight excluding hydrogens is 268 g/mol. The van der Waals surface area contributed by atoms with Crippen LogP contribution in [0.3, 0.4) is 0 Å². The molecule has 0 saturated heterocycles. The number of hydrogen-bond donors (Lipinski definition) is 1. The van der Waals surface area contributed by atoms with Crippen LogP contribution in [-0.2, 0) is 19.6 Å². The number of aryl methyl sites for hydroxylation is 1. The van der Waals surface area contributed by atoms with Crippen molar-refractivity contribution in [3.63, 3.8) is 0 Å². The molecule has 0 fully saturated rings. The highest BCUT2D eigenvalue weighted by molar-refractivity contribution is 7.89. The van der Waals surface area contributed by atoms with Gasteiger partial charge in [-0.2, -0.15) is 0 Å². The van der Waals surface area contributed by atoms with Gasteiger partial charge in [-0.05, 0) is 24.6 Å². The maximum Gasteiger partial charge on any atom is 0.250 e. The van der Waals surface area contributed by atoms with E-state index in [2.05, 4.69) is 5.32 Å². The topological polar surface area (TPSA) is 75.7 Å². The number of hydrogen-bond acceptors (Lipinski definition) is 4. The van der Waals surface area contributed by atoms with Gasteiger partial charge in [0.05, 0.1) is 4.90 Å². The SMILES string of the molecule is COCC(=O)Nc1cc(S(=O)(=O)N(C)C)ccc1C. The molecule has 0 saturated carbocycles. The van der Waals surface area contributed by atoms with Gasteiger partial charge in [-0.15, -0.1) is 0 Å². The van der Waals surface area contributed by atoms with Crippen molar-refractivity contribution in [1.82, 2.24) is 4.31 Å². The van der Waals surface area contributed by atoms with Gasteiger partial charge in [-0.1, -0.05) is 6.07 Å². The van der Waals surface area contributed by atoms with Crippen molar-refractivity contribution < 1.29 is 17.9 Å². The van der Waals surface area contributed by atoms with Crippen molar-refractivity contribution in [2.24, 2.45) is 0 Å². The molecule has 6 nitrogen and oxygen atoms in total. The molecule has 19 heavy (non-hydrogen) atoms. The molecule has 0 aliphatic carbocycles. The largest absolute Gasteiger partial charge is 0.375 e. The van der Waals surface area contributed by atoms with Gasteiger partial charge in [0.2, 0.25) is 15.9 Å². The van der Waals surface area contributed by atoms with Crippen LogP contribution in [0.25, 0.3) is 0 Å². The van der Waals surface area contributed by atoms with E-state index in [0.29, 0.717) is 5.69 Å². The van der Waals surface area contributed by atoms with E-state index in [0.717, 1.165) is 9.87 Å². The first-order valence-corrected chi connectivity index (χ1v) is 7.05. The zero-order valence-electron chi connectivity index (χ0n) is 11.4. The minimum atomic E-state index is -3.51. The van der Waals surface area contributed by atoms with Crippen molar-refractivity contribution >= 4 is 21.6 Å². The lowest BCUT2D eigenvalue weighted by Crippen LogP contribution is -2.23. The van der Waals surface area contributed by atoms with Crippen LogP contribution < -0.4 is 5.32 Å². The second kappa shape index (κ2) is 6.14. The van der Waals surface area contributed by atoms with Crippen LogP contribution in [-0.4, -0.2) is 46.4 Å². The molecule has 1 aromatic carbocycles. The highest BCUT2D eigenvalue weighted by Gasteiger charge is 2.18. The summed E-state index contributed by atoms with van der Waals surface area (Å²) in [6.45, 7) is 1.71. The molecule has 0 unspecified atom stereocenters. The second-order valence-corrected chi connectivity index (χ2v) is 6.40. The molecule has 7 heteroatoms. The number of methoxy groups -OCH3 is 1. The third kappa shape index (κ3) is 3.76. The Bertz CT molecular complexity index is 567. The van der Waals surface area contributed by atoms with Crippen molar-refractivity contribution in [2.45, 2.75) is 11.8 Å². The van der Waals surface area contributed by atoms with E-state index in [-0.39, 0.29) is 17.4 Å². The molecule has 0 aliphatic rings. The van der Waals surface area contributed by atoms with Crippen LogP contribution in [0.1, 0.15) is 5.56 Å². The molecule has 0 heterocycles. The first kappa shape index (κ1) is 15.6. The number of ether oxygens (including phenoxy) is 1. The molecule has 1 amide bonds. The number of benzene rings is 1. The minimum absolute atomic E-state index is 0.0793. The van der Waals surface area contributed by atoms with Gasteiger partial charge in [-0.3, -0.25) is 4.79 Å². The van der Waals surface area contributed by atoms with Crippen LogP contribution in [0.2, 0.25) is 0 Å². The van der Waals surface area contributed by atoms with E-state index in [9.17, 15) is 13.2 Å². The molecule has 0 atom stereocenters. The number of sulfonamides is 1. The molecular formula is C12H18N2O4S. The number of nitrogens with one attached hydrogen (secondary N) is 1. The number of anilines is 1. The Morgan fingerprint density at radius 3 is 2.53 bits per heavy atom. The standard InChI is InChI=1S/C12H18N2O4S/c1-9-5-6-10(19(16,17)14(2)3)7-11(9)13-12(15)8-18-4/h5-7H,8H2,1-4H3,(H,13,15). The zero-order valence-corrected chi connectivity index (χ0v) is 12.2. The zero-order chi connectivity index (χ0) is 14.6. The van der Waals surface area contributed by atoms with Gasteiger partial charge in [0.1, 0.15) is 6.61 Å². The maximum absolute atomic E-state index is 12.0. The lowest BCUT2D eigenvalue weighted by atomic mass is 10.2. The van der Waals surface area contributed by atoms with Gasteiger partial charge in [-0.25, -0.2) is 12.7 Å². The Kier molecular flexibility index (Phi) is 5.04. The average molecular weight is 286 g/mol. The molecule has 1 rings (SSSR count). The summed E-state index contributed by atoms with van der Waals surface area (Å²) < 4.78 is 29.8. The Balaban J connectivity index is 3.11. The Labute approximate surface area is 113 Å². The Morgan fingerprint density at radius 2 is 2.00 bits per heavy atom. The summed E-state index contributed by atoms with van der Waals surface area (Å²) in [6.07, 6.45) is 0. The fraction of sp³-hybridized carbons (Fsp3) is 0.417. The molecule has 0 spiro atoms. The minimum Gasteiger partial charge on any atom is -0.375 e. The van der Waals surface area contributed by atoms with E-state index in [1.54, 1.807) is 13.0 Å². The van der Waals surface area contributed by atoms with Gasteiger partial charge in [0.25, 0.3) is 0 Å². The molecule has 0 aromatic heterocycles. The Morgan fingerprint density at radius 1 is 1.37 bits per heavy atom. The predicted octanol–water partition coefficient (Wildman–Crippen LogP) is 0.830. The molecule has 0 bridgehead atoms. The number of amides is 1. The van der Waals surface area contributed by atoms with Crippen molar-refractivity contribution in [2.75, 3.05) is 33.1 Å². The monoisotopic (exact) mass is 286 g/mol. The average Bonchev–Trinajstić information content (AvgIpc) is 2.31. The summed E-state index contributed by atoms with van der Waals surface area (Å²) in [5, 5.41) is 2.62. The van der Waals surface area contributed by atoms with E-state index in [4.69, 9.17) is 4.74 Å². The number of carbonyl (C=O) groups is 1. The van der Waals surface area contributed by atoms with Gasteiger partial charge in [0, 0.05) is 26.9 Å². The third-order valence-corrected chi connectivity index (χ3v) is 4.35. The van der Waals surface area contributed by atoms with Crippen molar-refractivity contribution in [1.29, 1.82) is 0 Å². The number of carbonyl (C=O) groups excluding carboxylic acids is 1. The van der Waals surface area contributed by atoms with Crippen molar-refractivity contribution in [3.8, 4) is 0 Å². The molecule has 0 radical (unpaired) electrons. The normalized spacial score (nSPS) is 11.6. The second-order valence-electron chi connectivity index (χ2n) is 4.25. The quantitative estimate of drug-likeness (QED) is 0.870. The molecule has 1 aromatic rings. The van der Waals surface area contributed by atoms with Gasteiger partial charge in [0.15, 0.2) is 0 Å². The molecule has 106 valence electrons. The highest BCUT2D eigenvalue weighted by atomic mass is 32.2. The van der Waals surface area contributed by atoms with E-state index < -0.39 is 10.0 Å². The van der Waals surface area contributed by atoms with E-state index in [1.807, 2.05) is 0 Å². The first-order chi connectivity index (χ1) is 8.78. The summed E-state index contributed by atoms with van der Waals surface area (Å²) >= 11 is 0. The Hall–Kier alpha value is -1.44. The van der Waals surface area contributed by atoms with Crippen LogP contribution in [0.15, 0.2) is 23.1 Å². The van der Waals surface area contributed by atoms with Crippen molar-refractivity contribution in [3.05, 3.63) is 23.8 Å². The van der Waals surface area contributed by atoms with E-state index in [1.165, 1.54) is 33.3 Å². The lowest BCUT2D eigenvalue weighted by molar-refractivity contribution is -0.119. The van der Waals surface area contributed by atoms with Crippen LogP contribution >= 0.6 is 0 Å². The van der Waals surface area contributed by atoms with E-state index >= 15 is 0 Å². The highest BCUT2D eigenvalue weighted by Crippen LogP contribution is 2.21. The maximum atomic E-state index is 12.0. The smallest absolute Gasteiger partial charge is 0.250 e. The summed E-state index contributed by atoms with van der Waals surface area (Å²) in [5.74, 6) is -0.329. The third-order valence-electron chi connectivity index (χ3n) is 2.54. The summed E-state index contributed by atoms with van der Waals surface area (Å²) in [4.78, 5) is 11.6. The lowest BCUT2D eigenvalue weighted by Gasteiger charge is -2.14. The fourth-order valence-corrected chi connectivity index (χ4v) is 2.35. The van der Waals surface area contributed by atoms with Crippen LogP contribution in [0.5, 0.6) is 0 Å². The predicted molar refractivity (Wildman–Crippen MR) is 72.6 cm³/mol. The number of rotatable bonds is 5. The van der Waals surface area contributed by atoms with Gasteiger partial charge >= 0.3 is 0 Å². The molecule has 1 N–H and O–H groups in total. The summed E-state index contributed by atoms with van der Waals surface area (Å²) in [5.41, 5.74) is 1.24. The van der Waals surface area contributed by atoms with Gasteiger partial charge < -0.3 is 10.1 Å². The molecule has 0 aliphatic heterocycles. The summed E-state index contributed by atoms with van der Waals surface area (Å²) in [7, 11) is 0.816.